The molecule has 0 saturated carbocycles. The second kappa shape index (κ2) is 7.82. The molecule has 6 heteroatoms. The lowest BCUT2D eigenvalue weighted by molar-refractivity contribution is -0.123. The van der Waals surface area contributed by atoms with Crippen LogP contribution in [0.2, 0.25) is 10.0 Å². The highest BCUT2D eigenvalue weighted by Gasteiger charge is 2.07. The topological polar surface area (TPSA) is 58.2 Å². The Morgan fingerprint density at radius 1 is 0.909 bits per heavy atom. The molecule has 2 rings (SSSR count). The molecule has 0 heterocycles. The van der Waals surface area contributed by atoms with Crippen LogP contribution in [0.25, 0.3) is 0 Å². The largest absolute Gasteiger partial charge is 0.347 e. The monoisotopic (exact) mass is 336 g/mol. The van der Waals surface area contributed by atoms with Crippen molar-refractivity contribution in [2.45, 2.75) is 6.42 Å². The normalized spacial score (nSPS) is 10.1. The summed E-state index contributed by atoms with van der Waals surface area (Å²) in [5, 5.41) is 6.37. The molecule has 2 N–H and O–H groups in total. The van der Waals surface area contributed by atoms with Crippen LogP contribution in [0.1, 0.15) is 5.56 Å². The summed E-state index contributed by atoms with van der Waals surface area (Å²) < 4.78 is 0. The van der Waals surface area contributed by atoms with E-state index in [4.69, 9.17) is 23.2 Å². The number of halogens is 2. The van der Waals surface area contributed by atoms with Crippen molar-refractivity contribution in [1.29, 1.82) is 0 Å². The zero-order valence-corrected chi connectivity index (χ0v) is 13.1. The molecular weight excluding hydrogens is 323 g/mol. The van der Waals surface area contributed by atoms with E-state index in [1.165, 1.54) is 0 Å². The Morgan fingerprint density at radius 2 is 1.64 bits per heavy atom. The lowest BCUT2D eigenvalue weighted by Crippen LogP contribution is -2.33. The summed E-state index contributed by atoms with van der Waals surface area (Å²) in [6.45, 7) is -0.0983. The van der Waals surface area contributed by atoms with Crippen LogP contribution < -0.4 is 10.6 Å². The molecule has 0 saturated heterocycles. The maximum Gasteiger partial charge on any atom is 0.243 e. The van der Waals surface area contributed by atoms with E-state index in [1.807, 2.05) is 0 Å². The number of carbonyl (C=O) groups excluding carboxylic acids is 2. The molecule has 114 valence electrons. The molecule has 0 aliphatic carbocycles. The van der Waals surface area contributed by atoms with Crippen LogP contribution in [-0.4, -0.2) is 18.4 Å². The minimum atomic E-state index is -0.313. The van der Waals surface area contributed by atoms with Gasteiger partial charge >= 0.3 is 0 Å². The molecular formula is C16H14Cl2N2O2. The van der Waals surface area contributed by atoms with Gasteiger partial charge in [-0.1, -0.05) is 41.4 Å². The van der Waals surface area contributed by atoms with E-state index >= 15 is 0 Å². The Morgan fingerprint density at radius 3 is 2.32 bits per heavy atom. The standard InChI is InChI=1S/C16H14Cl2N2O2/c17-12-6-4-11(5-7-12)8-15(21)19-10-16(22)20-14-3-1-2-13(18)9-14/h1-7,9H,8,10H2,(H,19,21)(H,20,22). The molecule has 0 aliphatic heterocycles. The van der Waals surface area contributed by atoms with Gasteiger partial charge in [-0.25, -0.2) is 0 Å². The fourth-order valence-corrected chi connectivity index (χ4v) is 2.12. The maximum absolute atomic E-state index is 11.8. The minimum Gasteiger partial charge on any atom is -0.347 e. The van der Waals surface area contributed by atoms with Crippen LogP contribution in [0.3, 0.4) is 0 Å². The number of rotatable bonds is 5. The Bertz CT molecular complexity index is 672. The number of amides is 2. The van der Waals surface area contributed by atoms with Gasteiger partial charge in [-0.3, -0.25) is 9.59 Å². The molecule has 0 fully saturated rings. The number of anilines is 1. The quantitative estimate of drug-likeness (QED) is 0.880. The van der Waals surface area contributed by atoms with Crippen molar-refractivity contribution in [3.05, 3.63) is 64.1 Å². The number of hydrogen-bond acceptors (Lipinski definition) is 2. The number of nitrogens with one attached hydrogen (secondary N) is 2. The lowest BCUT2D eigenvalue weighted by atomic mass is 10.1. The highest BCUT2D eigenvalue weighted by Crippen LogP contribution is 2.14. The van der Waals surface area contributed by atoms with Gasteiger partial charge in [-0.05, 0) is 35.9 Å². The van der Waals surface area contributed by atoms with Crippen LogP contribution in [0.15, 0.2) is 48.5 Å². The van der Waals surface area contributed by atoms with E-state index in [0.29, 0.717) is 15.7 Å². The first kappa shape index (κ1) is 16.3. The predicted molar refractivity (Wildman–Crippen MR) is 88.2 cm³/mol. The van der Waals surface area contributed by atoms with Gasteiger partial charge in [0.2, 0.25) is 11.8 Å². The van der Waals surface area contributed by atoms with E-state index in [9.17, 15) is 9.59 Å². The Hall–Kier alpha value is -2.04. The molecule has 22 heavy (non-hydrogen) atoms. The molecule has 2 aromatic carbocycles. The minimum absolute atomic E-state index is 0.0983. The molecule has 4 nitrogen and oxygen atoms in total. The van der Waals surface area contributed by atoms with Crippen molar-refractivity contribution < 1.29 is 9.59 Å². The third-order valence-electron chi connectivity index (χ3n) is 2.83. The fraction of sp³-hybridized carbons (Fsp3) is 0.125. The summed E-state index contributed by atoms with van der Waals surface area (Å²) in [6, 6.07) is 13.8. The van der Waals surface area contributed by atoms with Gasteiger partial charge in [0.15, 0.2) is 0 Å². The third-order valence-corrected chi connectivity index (χ3v) is 3.32. The van der Waals surface area contributed by atoms with Crippen LogP contribution in [-0.2, 0) is 16.0 Å². The number of carbonyl (C=O) groups is 2. The summed E-state index contributed by atoms with van der Waals surface area (Å²) in [5.74, 6) is -0.546. The molecule has 2 amide bonds. The summed E-state index contributed by atoms with van der Waals surface area (Å²) >= 11 is 11.6. The number of hydrogen-bond donors (Lipinski definition) is 2. The second-order valence-electron chi connectivity index (χ2n) is 4.64. The third kappa shape index (κ3) is 5.39. The average molecular weight is 337 g/mol. The van der Waals surface area contributed by atoms with Crippen molar-refractivity contribution >= 4 is 40.7 Å². The Kier molecular flexibility index (Phi) is 5.81. The molecule has 0 unspecified atom stereocenters. The van der Waals surface area contributed by atoms with Gasteiger partial charge < -0.3 is 10.6 Å². The molecule has 0 aromatic heterocycles. The van der Waals surface area contributed by atoms with Gasteiger partial charge in [0.25, 0.3) is 0 Å². The van der Waals surface area contributed by atoms with Gasteiger partial charge in [0, 0.05) is 15.7 Å². The Balaban J connectivity index is 1.78. The molecule has 0 spiro atoms. The van der Waals surface area contributed by atoms with E-state index in [1.54, 1.807) is 48.5 Å². The van der Waals surface area contributed by atoms with Crippen molar-refractivity contribution in [3.8, 4) is 0 Å². The molecule has 0 radical (unpaired) electrons. The molecule has 0 atom stereocenters. The first-order valence-electron chi connectivity index (χ1n) is 6.59. The fourth-order valence-electron chi connectivity index (χ4n) is 1.80. The predicted octanol–water partition coefficient (Wildman–Crippen LogP) is 3.29. The van der Waals surface area contributed by atoms with Crippen LogP contribution in [0.4, 0.5) is 5.69 Å². The van der Waals surface area contributed by atoms with Crippen molar-refractivity contribution in [2.24, 2.45) is 0 Å². The van der Waals surface area contributed by atoms with Crippen molar-refractivity contribution in [1.82, 2.24) is 5.32 Å². The van der Waals surface area contributed by atoms with Gasteiger partial charge in [0.1, 0.15) is 0 Å². The summed E-state index contributed by atoms with van der Waals surface area (Å²) in [7, 11) is 0. The highest BCUT2D eigenvalue weighted by molar-refractivity contribution is 6.31. The van der Waals surface area contributed by atoms with Gasteiger partial charge in [-0.15, -0.1) is 0 Å². The number of benzene rings is 2. The van der Waals surface area contributed by atoms with Crippen LogP contribution in [0.5, 0.6) is 0 Å². The first-order valence-corrected chi connectivity index (χ1v) is 7.35. The van der Waals surface area contributed by atoms with E-state index in [2.05, 4.69) is 10.6 Å². The molecule has 0 aliphatic rings. The Labute approximate surface area is 138 Å². The van der Waals surface area contributed by atoms with E-state index < -0.39 is 0 Å². The van der Waals surface area contributed by atoms with Crippen LogP contribution in [0, 0.1) is 0 Å². The van der Waals surface area contributed by atoms with Crippen molar-refractivity contribution in [3.63, 3.8) is 0 Å². The highest BCUT2D eigenvalue weighted by atomic mass is 35.5. The van der Waals surface area contributed by atoms with Crippen molar-refractivity contribution in [2.75, 3.05) is 11.9 Å². The SMILES string of the molecule is O=C(Cc1ccc(Cl)cc1)NCC(=O)Nc1cccc(Cl)c1. The lowest BCUT2D eigenvalue weighted by Gasteiger charge is -2.07. The summed E-state index contributed by atoms with van der Waals surface area (Å²) in [6.07, 6.45) is 0.196. The van der Waals surface area contributed by atoms with Gasteiger partial charge in [0.05, 0.1) is 13.0 Å². The van der Waals surface area contributed by atoms with Crippen LogP contribution >= 0.6 is 23.2 Å². The smallest absolute Gasteiger partial charge is 0.243 e. The zero-order chi connectivity index (χ0) is 15.9. The second-order valence-corrected chi connectivity index (χ2v) is 5.51. The maximum atomic E-state index is 11.8. The van der Waals surface area contributed by atoms with E-state index in [0.717, 1.165) is 5.56 Å². The summed E-state index contributed by atoms with van der Waals surface area (Å²) in [5.41, 5.74) is 1.42. The molecule has 0 bridgehead atoms. The first-order chi connectivity index (χ1) is 10.5. The van der Waals surface area contributed by atoms with Gasteiger partial charge in [-0.2, -0.15) is 0 Å². The average Bonchev–Trinajstić information content (AvgIpc) is 2.48. The molecule has 2 aromatic rings. The summed E-state index contributed by atoms with van der Waals surface area (Å²) in [4.78, 5) is 23.5. The van der Waals surface area contributed by atoms with E-state index in [-0.39, 0.29) is 24.8 Å². The zero-order valence-electron chi connectivity index (χ0n) is 11.6.